The van der Waals surface area contributed by atoms with Crippen molar-refractivity contribution in [2.45, 2.75) is 19.1 Å². The molecule has 60 valence electrons. The van der Waals surface area contributed by atoms with Crippen molar-refractivity contribution < 1.29 is 0 Å². The van der Waals surface area contributed by atoms with Gasteiger partial charge in [0.25, 0.3) is 0 Å². The van der Waals surface area contributed by atoms with Crippen molar-refractivity contribution in [3.8, 4) is 0 Å². The molecule has 0 radical (unpaired) electrons. The molecule has 0 aromatic carbocycles. The summed E-state index contributed by atoms with van der Waals surface area (Å²) in [6.07, 6.45) is 10.0. The minimum absolute atomic E-state index is 0.634. The van der Waals surface area contributed by atoms with Gasteiger partial charge in [-0.25, -0.2) is 0 Å². The third-order valence-corrected chi connectivity index (χ3v) is 2.30. The second-order valence-corrected chi connectivity index (χ2v) is 3.29. The molecule has 0 amide bonds. The summed E-state index contributed by atoms with van der Waals surface area (Å²) in [7, 11) is 4.29. The summed E-state index contributed by atoms with van der Waals surface area (Å²) in [4.78, 5) is 2.30. The summed E-state index contributed by atoms with van der Waals surface area (Å²) < 4.78 is 0. The highest BCUT2D eigenvalue weighted by molar-refractivity contribution is 6.58. The van der Waals surface area contributed by atoms with Crippen molar-refractivity contribution in [2.24, 2.45) is 0 Å². The first-order valence-electron chi connectivity index (χ1n) is 4.27. The van der Waals surface area contributed by atoms with Gasteiger partial charge in [0, 0.05) is 0 Å². The van der Waals surface area contributed by atoms with Gasteiger partial charge in [-0.1, -0.05) is 37.5 Å². The Morgan fingerprint density at radius 2 is 1.82 bits per heavy atom. The average Bonchev–Trinajstić information content (AvgIpc) is 2.40. The molecule has 1 rings (SSSR count). The van der Waals surface area contributed by atoms with Crippen LogP contribution in [0, 0.1) is 0 Å². The van der Waals surface area contributed by atoms with Gasteiger partial charge in [-0.2, -0.15) is 0 Å². The molecule has 11 heavy (non-hydrogen) atoms. The Labute approximate surface area is 69.9 Å². The van der Waals surface area contributed by atoms with Crippen LogP contribution in [0.1, 0.15) is 6.92 Å². The molecule has 0 N–H and O–H groups in total. The third kappa shape index (κ3) is 1.97. The van der Waals surface area contributed by atoms with Gasteiger partial charge in [0.15, 0.2) is 0 Å². The van der Waals surface area contributed by atoms with Gasteiger partial charge in [-0.15, -0.1) is 0 Å². The molecule has 0 saturated carbocycles. The molecule has 0 atom stereocenters. The highest BCUT2D eigenvalue weighted by atomic mass is 15.0. The zero-order valence-electron chi connectivity index (χ0n) is 7.62. The topological polar surface area (TPSA) is 3.24 Å². The zero-order chi connectivity index (χ0) is 8.27. The first kappa shape index (κ1) is 8.60. The fourth-order valence-electron chi connectivity index (χ4n) is 1.69. The molecule has 1 aliphatic rings. The van der Waals surface area contributed by atoms with E-state index >= 15 is 0 Å². The Morgan fingerprint density at radius 3 is 2.18 bits per heavy atom. The first-order valence-corrected chi connectivity index (χ1v) is 4.27. The van der Waals surface area contributed by atoms with Crippen LogP contribution in [0.2, 0.25) is 12.1 Å². The standard InChI is InChI=1S/C9H16BN/c1-4-10(11(2)3)9-7-5-6-8-9/h5-9H,4H2,1-3H3. The van der Waals surface area contributed by atoms with Crippen LogP contribution in [0.15, 0.2) is 24.3 Å². The van der Waals surface area contributed by atoms with Gasteiger partial charge >= 0.3 is 0 Å². The van der Waals surface area contributed by atoms with E-state index in [1.165, 1.54) is 6.32 Å². The van der Waals surface area contributed by atoms with E-state index in [1.54, 1.807) is 0 Å². The highest BCUT2D eigenvalue weighted by Gasteiger charge is 2.22. The van der Waals surface area contributed by atoms with E-state index in [9.17, 15) is 0 Å². The van der Waals surface area contributed by atoms with Gasteiger partial charge in [-0.05, 0) is 19.9 Å². The highest BCUT2D eigenvalue weighted by Crippen LogP contribution is 2.22. The Hall–Kier alpha value is -0.495. The molecule has 0 spiro atoms. The molecule has 0 saturated heterocycles. The lowest BCUT2D eigenvalue weighted by molar-refractivity contribution is 0.630. The number of allylic oxidation sites excluding steroid dienone is 4. The zero-order valence-corrected chi connectivity index (χ0v) is 7.62. The summed E-state index contributed by atoms with van der Waals surface area (Å²) >= 11 is 0. The van der Waals surface area contributed by atoms with Gasteiger partial charge in [0.2, 0.25) is 6.85 Å². The van der Waals surface area contributed by atoms with Crippen molar-refractivity contribution in [3.63, 3.8) is 0 Å². The summed E-state index contributed by atoms with van der Waals surface area (Å²) in [5, 5.41) is 0. The van der Waals surface area contributed by atoms with Crippen LogP contribution >= 0.6 is 0 Å². The molecule has 0 aromatic heterocycles. The van der Waals surface area contributed by atoms with Crippen LogP contribution in [0.5, 0.6) is 0 Å². The van der Waals surface area contributed by atoms with Crippen molar-refractivity contribution in [1.82, 2.24) is 4.81 Å². The Kier molecular flexibility index (Phi) is 2.95. The maximum absolute atomic E-state index is 2.30. The molecular weight excluding hydrogens is 133 g/mol. The summed E-state index contributed by atoms with van der Waals surface area (Å²) in [6.45, 7) is 2.91. The van der Waals surface area contributed by atoms with Crippen molar-refractivity contribution >= 4 is 6.85 Å². The Morgan fingerprint density at radius 1 is 1.27 bits per heavy atom. The number of hydrogen-bond acceptors (Lipinski definition) is 1. The van der Waals surface area contributed by atoms with Crippen LogP contribution in [-0.4, -0.2) is 25.8 Å². The lowest BCUT2D eigenvalue weighted by Crippen LogP contribution is -2.34. The molecule has 1 nitrogen and oxygen atoms in total. The number of rotatable bonds is 3. The maximum atomic E-state index is 2.30. The first-order chi connectivity index (χ1) is 5.25. The van der Waals surface area contributed by atoms with Gasteiger partial charge < -0.3 is 4.81 Å². The van der Waals surface area contributed by atoms with Gasteiger partial charge in [0.1, 0.15) is 0 Å². The summed E-state index contributed by atoms with van der Waals surface area (Å²) in [5.74, 6) is 0.634. The predicted octanol–water partition coefficient (Wildman–Crippen LogP) is 2.06. The smallest absolute Gasteiger partial charge is 0.233 e. The SMILES string of the molecule is CCB(C1C=CC=C1)N(C)C. The van der Waals surface area contributed by atoms with E-state index < -0.39 is 0 Å². The van der Waals surface area contributed by atoms with Crippen LogP contribution in [0.25, 0.3) is 0 Å². The molecule has 0 bridgehead atoms. The van der Waals surface area contributed by atoms with E-state index in [0.717, 1.165) is 0 Å². The van der Waals surface area contributed by atoms with Crippen molar-refractivity contribution in [3.05, 3.63) is 24.3 Å². The summed E-state index contributed by atoms with van der Waals surface area (Å²) in [6, 6.07) is 0. The molecule has 0 fully saturated rings. The lowest BCUT2D eigenvalue weighted by Gasteiger charge is -2.22. The van der Waals surface area contributed by atoms with Crippen LogP contribution in [0.3, 0.4) is 0 Å². The Bertz CT molecular complexity index is 160. The molecule has 1 aliphatic carbocycles. The average molecular weight is 149 g/mol. The van der Waals surface area contributed by atoms with Gasteiger partial charge in [-0.3, -0.25) is 0 Å². The normalized spacial score (nSPS) is 16.7. The predicted molar refractivity (Wildman–Crippen MR) is 52.0 cm³/mol. The molecule has 0 unspecified atom stereocenters. The Balaban J connectivity index is 2.55. The van der Waals surface area contributed by atoms with Crippen LogP contribution in [0.4, 0.5) is 0 Å². The minimum Gasteiger partial charge on any atom is -0.347 e. The molecular formula is C9H16BN. The second-order valence-electron chi connectivity index (χ2n) is 3.29. The van der Waals surface area contributed by atoms with Crippen LogP contribution < -0.4 is 0 Å². The number of nitrogens with zero attached hydrogens (tertiary/aromatic N) is 1. The van der Waals surface area contributed by atoms with Crippen LogP contribution in [-0.2, 0) is 0 Å². The largest absolute Gasteiger partial charge is 0.347 e. The lowest BCUT2D eigenvalue weighted by atomic mass is 9.48. The monoisotopic (exact) mass is 149 g/mol. The minimum atomic E-state index is 0.634. The number of hydrogen-bond donors (Lipinski definition) is 0. The van der Waals surface area contributed by atoms with Gasteiger partial charge in [0.05, 0.1) is 0 Å². The van der Waals surface area contributed by atoms with E-state index in [1.807, 2.05) is 0 Å². The second kappa shape index (κ2) is 3.77. The fraction of sp³-hybridized carbons (Fsp3) is 0.556. The van der Waals surface area contributed by atoms with E-state index in [2.05, 4.69) is 50.1 Å². The summed E-state index contributed by atoms with van der Waals surface area (Å²) in [5.41, 5.74) is 0. The maximum Gasteiger partial charge on any atom is 0.233 e. The quantitative estimate of drug-likeness (QED) is 0.555. The van der Waals surface area contributed by atoms with Crippen molar-refractivity contribution in [2.75, 3.05) is 14.1 Å². The molecule has 0 aliphatic heterocycles. The van der Waals surface area contributed by atoms with E-state index in [4.69, 9.17) is 0 Å². The van der Waals surface area contributed by atoms with Crippen molar-refractivity contribution in [1.29, 1.82) is 0 Å². The molecule has 2 heteroatoms. The fourth-order valence-corrected chi connectivity index (χ4v) is 1.69. The van der Waals surface area contributed by atoms with E-state index in [0.29, 0.717) is 12.7 Å². The molecule has 0 heterocycles. The van der Waals surface area contributed by atoms with E-state index in [-0.39, 0.29) is 0 Å². The molecule has 0 aromatic rings. The third-order valence-electron chi connectivity index (χ3n) is 2.30.